The minimum atomic E-state index is -0.760. The first-order valence-electron chi connectivity index (χ1n) is 7.08. The van der Waals surface area contributed by atoms with E-state index >= 15 is 0 Å². The van der Waals surface area contributed by atoms with Gasteiger partial charge in [-0.05, 0) is 30.3 Å². The number of aromatic nitrogens is 3. The second kappa shape index (κ2) is 7.27. The molecule has 128 valence electrons. The minimum absolute atomic E-state index is 0.0615. The lowest BCUT2D eigenvalue weighted by Crippen LogP contribution is -2.04. The zero-order chi connectivity index (χ0) is 17.8. The predicted molar refractivity (Wildman–Crippen MR) is 90.8 cm³/mol. The summed E-state index contributed by atoms with van der Waals surface area (Å²) in [7, 11) is 1.52. The van der Waals surface area contributed by atoms with Gasteiger partial charge < -0.3 is 15.4 Å². The average Bonchev–Trinajstić information content (AvgIpc) is 2.59. The van der Waals surface area contributed by atoms with Gasteiger partial charge in [0.1, 0.15) is 23.1 Å². The summed E-state index contributed by atoms with van der Waals surface area (Å²) in [6, 6.07) is 8.58. The molecule has 0 aliphatic carbocycles. The van der Waals surface area contributed by atoms with Crippen molar-refractivity contribution in [3.8, 4) is 5.75 Å². The standard InChI is InChI=1S/C16H12ClF2N5O/c1-25-13-6-5-9(7-10(13)17)21-14-8-20-24-16(22-14)23-15-11(18)3-2-4-12(15)19/h2-8H,1H3,(H2,21,22,23,24). The predicted octanol–water partition coefficient (Wildman–Crippen LogP) is 4.30. The summed E-state index contributed by atoms with van der Waals surface area (Å²) in [5.41, 5.74) is 0.281. The van der Waals surface area contributed by atoms with Crippen molar-refractivity contribution in [1.29, 1.82) is 0 Å². The number of methoxy groups -OCH3 is 1. The average molecular weight is 364 g/mol. The summed E-state index contributed by atoms with van der Waals surface area (Å²) >= 11 is 6.06. The van der Waals surface area contributed by atoms with Gasteiger partial charge >= 0.3 is 0 Å². The van der Waals surface area contributed by atoms with Gasteiger partial charge in [-0.15, -0.1) is 5.10 Å². The highest BCUT2D eigenvalue weighted by Gasteiger charge is 2.11. The van der Waals surface area contributed by atoms with Crippen LogP contribution in [0.1, 0.15) is 0 Å². The number of benzene rings is 2. The molecule has 2 aromatic carbocycles. The van der Waals surface area contributed by atoms with Gasteiger partial charge in [0.25, 0.3) is 0 Å². The van der Waals surface area contributed by atoms with Crippen LogP contribution in [-0.4, -0.2) is 22.3 Å². The number of rotatable bonds is 5. The second-order valence-electron chi connectivity index (χ2n) is 4.86. The molecule has 0 saturated heterocycles. The lowest BCUT2D eigenvalue weighted by atomic mass is 10.3. The molecule has 1 aromatic heterocycles. The maximum atomic E-state index is 13.7. The lowest BCUT2D eigenvalue weighted by Gasteiger charge is -2.10. The Morgan fingerprint density at radius 2 is 1.84 bits per heavy atom. The van der Waals surface area contributed by atoms with E-state index in [0.29, 0.717) is 22.3 Å². The number of nitrogens with zero attached hydrogens (tertiary/aromatic N) is 3. The Labute approximate surface area is 146 Å². The molecule has 0 atom stereocenters. The van der Waals surface area contributed by atoms with Gasteiger partial charge in [0, 0.05) is 5.69 Å². The van der Waals surface area contributed by atoms with Crippen LogP contribution in [-0.2, 0) is 0 Å². The zero-order valence-corrected chi connectivity index (χ0v) is 13.7. The van der Waals surface area contributed by atoms with E-state index in [1.807, 2.05) is 0 Å². The second-order valence-corrected chi connectivity index (χ2v) is 5.27. The summed E-state index contributed by atoms with van der Waals surface area (Å²) < 4.78 is 32.4. The van der Waals surface area contributed by atoms with Gasteiger partial charge in [-0.3, -0.25) is 0 Å². The van der Waals surface area contributed by atoms with Crippen molar-refractivity contribution in [2.75, 3.05) is 17.7 Å². The number of nitrogens with one attached hydrogen (secondary N) is 2. The van der Waals surface area contributed by atoms with Crippen LogP contribution in [0.4, 0.5) is 31.9 Å². The molecule has 0 fully saturated rings. The third-order valence-corrected chi connectivity index (χ3v) is 3.48. The first-order valence-corrected chi connectivity index (χ1v) is 7.46. The van der Waals surface area contributed by atoms with Gasteiger partial charge in [-0.25, -0.2) is 8.78 Å². The fourth-order valence-electron chi connectivity index (χ4n) is 2.04. The van der Waals surface area contributed by atoms with E-state index in [1.54, 1.807) is 18.2 Å². The molecule has 0 bridgehead atoms. The van der Waals surface area contributed by atoms with Crippen molar-refractivity contribution in [1.82, 2.24) is 15.2 Å². The molecule has 0 unspecified atom stereocenters. The summed E-state index contributed by atoms with van der Waals surface area (Å²) in [4.78, 5) is 4.11. The van der Waals surface area contributed by atoms with Gasteiger partial charge in [-0.2, -0.15) is 10.1 Å². The Kier molecular flexibility index (Phi) is 4.90. The van der Waals surface area contributed by atoms with E-state index in [-0.39, 0.29) is 11.6 Å². The molecule has 0 amide bonds. The van der Waals surface area contributed by atoms with Crippen molar-refractivity contribution in [2.24, 2.45) is 0 Å². The van der Waals surface area contributed by atoms with Crippen molar-refractivity contribution in [3.63, 3.8) is 0 Å². The molecule has 0 spiro atoms. The monoisotopic (exact) mass is 363 g/mol. The molecule has 0 saturated carbocycles. The third kappa shape index (κ3) is 3.92. The van der Waals surface area contributed by atoms with Crippen molar-refractivity contribution in [2.45, 2.75) is 0 Å². The molecule has 25 heavy (non-hydrogen) atoms. The fourth-order valence-corrected chi connectivity index (χ4v) is 2.30. The molecular weight excluding hydrogens is 352 g/mol. The van der Waals surface area contributed by atoms with Crippen molar-refractivity contribution >= 4 is 34.7 Å². The molecule has 2 N–H and O–H groups in total. The Morgan fingerprint density at radius 3 is 2.52 bits per heavy atom. The van der Waals surface area contributed by atoms with Crippen LogP contribution in [0.15, 0.2) is 42.6 Å². The molecule has 3 aromatic rings. The van der Waals surface area contributed by atoms with Crippen molar-refractivity contribution in [3.05, 3.63) is 59.3 Å². The Bertz CT molecular complexity index is 889. The normalized spacial score (nSPS) is 10.4. The zero-order valence-electron chi connectivity index (χ0n) is 12.9. The minimum Gasteiger partial charge on any atom is -0.495 e. The summed E-state index contributed by atoms with van der Waals surface area (Å²) in [5.74, 6) is -0.734. The Morgan fingerprint density at radius 1 is 1.08 bits per heavy atom. The van der Waals surface area contributed by atoms with Crippen LogP contribution in [0.2, 0.25) is 5.02 Å². The van der Waals surface area contributed by atoms with Crippen LogP contribution < -0.4 is 15.4 Å². The summed E-state index contributed by atoms with van der Waals surface area (Å²) in [6.45, 7) is 0. The molecule has 3 rings (SSSR count). The highest BCUT2D eigenvalue weighted by atomic mass is 35.5. The highest BCUT2D eigenvalue weighted by Crippen LogP contribution is 2.28. The smallest absolute Gasteiger partial charge is 0.249 e. The molecule has 0 aliphatic rings. The van der Waals surface area contributed by atoms with Crippen LogP contribution in [0, 0.1) is 11.6 Å². The number of hydrogen-bond donors (Lipinski definition) is 2. The maximum Gasteiger partial charge on any atom is 0.249 e. The number of hydrogen-bond acceptors (Lipinski definition) is 6. The maximum absolute atomic E-state index is 13.7. The molecule has 0 radical (unpaired) electrons. The van der Waals surface area contributed by atoms with Crippen LogP contribution >= 0.6 is 11.6 Å². The topological polar surface area (TPSA) is 72.0 Å². The van der Waals surface area contributed by atoms with Gasteiger partial charge in [0.2, 0.25) is 5.95 Å². The van der Waals surface area contributed by atoms with Gasteiger partial charge in [0.15, 0.2) is 5.82 Å². The Balaban J connectivity index is 1.81. The Hall–Kier alpha value is -3.00. The molecule has 0 aliphatic heterocycles. The van der Waals surface area contributed by atoms with E-state index in [9.17, 15) is 8.78 Å². The van der Waals surface area contributed by atoms with Gasteiger partial charge in [-0.1, -0.05) is 17.7 Å². The van der Waals surface area contributed by atoms with Crippen LogP contribution in [0.5, 0.6) is 5.75 Å². The van der Waals surface area contributed by atoms with E-state index in [1.165, 1.54) is 19.4 Å². The number of anilines is 4. The number of halogens is 3. The van der Waals surface area contributed by atoms with Gasteiger partial charge in [0.05, 0.1) is 18.3 Å². The summed E-state index contributed by atoms with van der Waals surface area (Å²) in [5, 5.41) is 13.3. The quantitative estimate of drug-likeness (QED) is 0.704. The van der Waals surface area contributed by atoms with Crippen LogP contribution in [0.25, 0.3) is 0 Å². The SMILES string of the molecule is COc1ccc(Nc2cnnc(Nc3c(F)cccc3F)n2)cc1Cl. The first-order chi connectivity index (χ1) is 12.1. The summed E-state index contributed by atoms with van der Waals surface area (Å²) in [6.07, 6.45) is 1.36. The molecule has 9 heteroatoms. The molecule has 1 heterocycles. The van der Waals surface area contributed by atoms with Crippen LogP contribution in [0.3, 0.4) is 0 Å². The van der Waals surface area contributed by atoms with Crippen molar-refractivity contribution < 1.29 is 13.5 Å². The number of para-hydroxylation sites is 1. The lowest BCUT2D eigenvalue weighted by molar-refractivity contribution is 0.415. The molecular formula is C16H12ClF2N5O. The van der Waals surface area contributed by atoms with E-state index in [2.05, 4.69) is 25.8 Å². The first kappa shape index (κ1) is 16.8. The molecule has 6 nitrogen and oxygen atoms in total. The fraction of sp³-hybridized carbons (Fsp3) is 0.0625. The largest absolute Gasteiger partial charge is 0.495 e. The highest BCUT2D eigenvalue weighted by molar-refractivity contribution is 6.32. The number of ether oxygens (including phenoxy) is 1. The van der Waals surface area contributed by atoms with E-state index < -0.39 is 11.6 Å². The third-order valence-electron chi connectivity index (χ3n) is 3.18. The van der Waals surface area contributed by atoms with E-state index in [0.717, 1.165) is 12.1 Å². The van der Waals surface area contributed by atoms with E-state index in [4.69, 9.17) is 16.3 Å².